The van der Waals surface area contributed by atoms with Gasteiger partial charge in [-0.05, 0) is 68.5 Å². The second-order valence-corrected chi connectivity index (χ2v) is 9.96. The number of carbonyl (C=O) groups excluding carboxylic acids is 1. The molecule has 2 aliphatic heterocycles. The number of hydrogen-bond acceptors (Lipinski definition) is 6. The zero-order chi connectivity index (χ0) is 24.0. The van der Waals surface area contributed by atoms with Crippen LogP contribution in [0.5, 0.6) is 0 Å². The molecule has 2 aromatic carbocycles. The molecule has 1 N–H and O–H groups in total. The van der Waals surface area contributed by atoms with Crippen LogP contribution in [0.4, 0.5) is 5.69 Å². The first-order chi connectivity index (χ1) is 17.1. The van der Waals surface area contributed by atoms with Crippen molar-refractivity contribution in [2.45, 2.75) is 45.2 Å². The van der Waals surface area contributed by atoms with Crippen LogP contribution in [-0.4, -0.2) is 47.1 Å². The predicted octanol–water partition coefficient (Wildman–Crippen LogP) is 4.91. The van der Waals surface area contributed by atoms with Gasteiger partial charge in [0, 0.05) is 42.5 Å². The molecule has 0 spiro atoms. The Hall–Kier alpha value is -2.90. The molecule has 5 rings (SSSR count). The fraction of sp³-hybridized carbons (Fsp3) is 0.444. The van der Waals surface area contributed by atoms with E-state index in [-0.39, 0.29) is 11.8 Å². The van der Waals surface area contributed by atoms with Crippen molar-refractivity contribution >= 4 is 23.2 Å². The number of nitrogens with zero attached hydrogens (tertiary/aromatic N) is 4. The zero-order valence-electron chi connectivity index (χ0n) is 20.0. The van der Waals surface area contributed by atoms with Crippen molar-refractivity contribution in [2.75, 3.05) is 31.1 Å². The summed E-state index contributed by atoms with van der Waals surface area (Å²) in [6.07, 6.45) is 5.74. The van der Waals surface area contributed by atoms with Gasteiger partial charge in [-0.25, -0.2) is 0 Å². The molecule has 1 unspecified atom stereocenters. The fourth-order valence-electron chi connectivity index (χ4n) is 4.98. The number of rotatable bonds is 7. The zero-order valence-corrected chi connectivity index (χ0v) is 20.7. The maximum atomic E-state index is 12.9. The average molecular weight is 494 g/mol. The Morgan fingerprint density at radius 3 is 2.69 bits per heavy atom. The van der Waals surface area contributed by atoms with E-state index in [0.29, 0.717) is 36.4 Å². The Kier molecular flexibility index (Phi) is 7.64. The van der Waals surface area contributed by atoms with E-state index in [1.165, 1.54) is 24.9 Å². The standard InChI is InChI=1S/C27H32ClN5O2/c28-23-8-4-6-21(16-23)26-30-25(35-31-26)19-32-13-5-7-22(18-32)27(34)29-17-20-9-11-24(12-10-20)33-14-2-1-3-15-33/h4,6,8-12,16,22H,1-3,5,7,13-15,17-19H2,(H,29,34). The van der Waals surface area contributed by atoms with E-state index in [0.717, 1.165) is 43.6 Å². The van der Waals surface area contributed by atoms with Gasteiger partial charge < -0.3 is 14.7 Å². The Bertz CT molecular complexity index is 1130. The van der Waals surface area contributed by atoms with Crippen LogP contribution >= 0.6 is 11.6 Å². The molecular weight excluding hydrogens is 462 g/mol. The molecule has 184 valence electrons. The molecule has 2 aliphatic rings. The van der Waals surface area contributed by atoms with Crippen LogP contribution in [0.15, 0.2) is 53.1 Å². The number of likely N-dealkylation sites (tertiary alicyclic amines) is 1. The SMILES string of the molecule is O=C(NCc1ccc(N2CCCCC2)cc1)C1CCCN(Cc2nc(-c3cccc(Cl)c3)no2)C1. The number of hydrogen-bond donors (Lipinski definition) is 1. The summed E-state index contributed by atoms with van der Waals surface area (Å²) < 4.78 is 5.47. The van der Waals surface area contributed by atoms with E-state index >= 15 is 0 Å². The summed E-state index contributed by atoms with van der Waals surface area (Å²) in [4.78, 5) is 22.1. The molecule has 1 amide bonds. The van der Waals surface area contributed by atoms with Crippen LogP contribution in [-0.2, 0) is 17.9 Å². The summed E-state index contributed by atoms with van der Waals surface area (Å²) in [6, 6.07) is 16.0. The van der Waals surface area contributed by atoms with Gasteiger partial charge in [0.15, 0.2) is 0 Å². The third-order valence-electron chi connectivity index (χ3n) is 6.91. The lowest BCUT2D eigenvalue weighted by Gasteiger charge is -2.31. The van der Waals surface area contributed by atoms with Crippen LogP contribution in [0.1, 0.15) is 43.6 Å². The summed E-state index contributed by atoms with van der Waals surface area (Å²) in [7, 11) is 0. The van der Waals surface area contributed by atoms with E-state index in [1.54, 1.807) is 0 Å². The van der Waals surface area contributed by atoms with E-state index < -0.39 is 0 Å². The molecule has 0 bridgehead atoms. The first kappa shape index (κ1) is 23.8. The quantitative estimate of drug-likeness (QED) is 0.504. The van der Waals surface area contributed by atoms with Crippen molar-refractivity contribution < 1.29 is 9.32 Å². The highest BCUT2D eigenvalue weighted by Crippen LogP contribution is 2.23. The first-order valence-corrected chi connectivity index (χ1v) is 12.9. The monoisotopic (exact) mass is 493 g/mol. The van der Waals surface area contributed by atoms with Crippen molar-refractivity contribution in [3.05, 3.63) is 65.0 Å². The van der Waals surface area contributed by atoms with Crippen LogP contribution in [0.2, 0.25) is 5.02 Å². The lowest BCUT2D eigenvalue weighted by molar-refractivity contribution is -0.127. The van der Waals surface area contributed by atoms with Crippen LogP contribution in [0.25, 0.3) is 11.4 Å². The molecule has 1 aromatic heterocycles. The van der Waals surface area contributed by atoms with Gasteiger partial charge in [0.25, 0.3) is 0 Å². The summed E-state index contributed by atoms with van der Waals surface area (Å²) in [5.41, 5.74) is 3.24. The lowest BCUT2D eigenvalue weighted by atomic mass is 9.97. The molecule has 7 nitrogen and oxygen atoms in total. The minimum Gasteiger partial charge on any atom is -0.372 e. The predicted molar refractivity (Wildman–Crippen MR) is 137 cm³/mol. The molecule has 8 heteroatoms. The molecule has 2 fully saturated rings. The maximum absolute atomic E-state index is 12.9. The largest absolute Gasteiger partial charge is 0.372 e. The minimum atomic E-state index is -0.0355. The smallest absolute Gasteiger partial charge is 0.241 e. The third kappa shape index (κ3) is 6.21. The van der Waals surface area contributed by atoms with Gasteiger partial charge in [-0.2, -0.15) is 4.98 Å². The van der Waals surface area contributed by atoms with Crippen LogP contribution in [0.3, 0.4) is 0 Å². The van der Waals surface area contributed by atoms with Gasteiger partial charge in [0.2, 0.25) is 17.6 Å². The van der Waals surface area contributed by atoms with Gasteiger partial charge in [-0.15, -0.1) is 0 Å². The van der Waals surface area contributed by atoms with Gasteiger partial charge in [-0.3, -0.25) is 9.69 Å². The Morgan fingerprint density at radius 2 is 1.89 bits per heavy atom. The molecule has 3 heterocycles. The number of anilines is 1. The number of piperidine rings is 2. The van der Waals surface area contributed by atoms with Gasteiger partial charge in [0.1, 0.15) is 0 Å². The molecule has 0 aliphatic carbocycles. The van der Waals surface area contributed by atoms with Gasteiger partial charge in [0.05, 0.1) is 12.5 Å². The minimum absolute atomic E-state index is 0.0355. The summed E-state index contributed by atoms with van der Waals surface area (Å²) in [5, 5.41) is 7.87. The van der Waals surface area contributed by atoms with Crippen molar-refractivity contribution in [3.63, 3.8) is 0 Å². The Labute approximate surface area is 211 Å². The molecule has 35 heavy (non-hydrogen) atoms. The summed E-state index contributed by atoms with van der Waals surface area (Å²) >= 11 is 6.07. The van der Waals surface area contributed by atoms with Crippen molar-refractivity contribution in [2.24, 2.45) is 5.92 Å². The highest BCUT2D eigenvalue weighted by Gasteiger charge is 2.27. The fourth-order valence-corrected chi connectivity index (χ4v) is 5.17. The number of amides is 1. The number of carbonyl (C=O) groups is 1. The van der Waals surface area contributed by atoms with E-state index in [1.807, 2.05) is 24.3 Å². The van der Waals surface area contributed by atoms with Crippen LogP contribution < -0.4 is 10.2 Å². The van der Waals surface area contributed by atoms with Gasteiger partial charge >= 0.3 is 0 Å². The Morgan fingerprint density at radius 1 is 1.06 bits per heavy atom. The number of benzene rings is 2. The van der Waals surface area contributed by atoms with Crippen molar-refractivity contribution in [1.82, 2.24) is 20.4 Å². The molecule has 3 aromatic rings. The van der Waals surface area contributed by atoms with Crippen molar-refractivity contribution in [1.29, 1.82) is 0 Å². The second kappa shape index (κ2) is 11.2. The number of nitrogens with one attached hydrogen (secondary N) is 1. The molecule has 2 saturated heterocycles. The number of aromatic nitrogens is 2. The van der Waals surface area contributed by atoms with Crippen LogP contribution in [0, 0.1) is 5.92 Å². The highest BCUT2D eigenvalue weighted by atomic mass is 35.5. The first-order valence-electron chi connectivity index (χ1n) is 12.6. The summed E-state index contributed by atoms with van der Waals surface area (Å²) in [6.45, 7) is 4.97. The van der Waals surface area contributed by atoms with E-state index in [9.17, 15) is 4.79 Å². The highest BCUT2D eigenvalue weighted by molar-refractivity contribution is 6.30. The third-order valence-corrected chi connectivity index (χ3v) is 7.15. The lowest BCUT2D eigenvalue weighted by Crippen LogP contribution is -2.42. The average Bonchev–Trinajstić information content (AvgIpc) is 3.37. The maximum Gasteiger partial charge on any atom is 0.241 e. The Balaban J connectivity index is 1.11. The topological polar surface area (TPSA) is 74.5 Å². The molecule has 0 saturated carbocycles. The van der Waals surface area contributed by atoms with E-state index in [4.69, 9.17) is 16.1 Å². The number of halogens is 1. The second-order valence-electron chi connectivity index (χ2n) is 9.53. The molecule has 1 atom stereocenters. The normalized spacial score (nSPS) is 19.0. The van der Waals surface area contributed by atoms with Crippen molar-refractivity contribution in [3.8, 4) is 11.4 Å². The summed E-state index contributed by atoms with van der Waals surface area (Å²) in [5.74, 6) is 1.15. The molecular formula is C27H32ClN5O2. The molecule has 0 radical (unpaired) electrons. The van der Waals surface area contributed by atoms with Gasteiger partial charge in [-0.1, -0.05) is 41.0 Å². The van der Waals surface area contributed by atoms with E-state index in [2.05, 4.69) is 49.5 Å².